The molecule has 0 aliphatic carbocycles. The van der Waals surface area contributed by atoms with Crippen molar-refractivity contribution in [3.8, 4) is 0 Å². The molecular weight excluding hydrogens is 348 g/mol. The number of Topliss-reactive ketones (excluding diaryl/α,β-unsaturated/α-hetero) is 1. The average molecular weight is 370 g/mol. The number of nitrogens with zero attached hydrogens (tertiary/aromatic N) is 1. The van der Waals surface area contributed by atoms with Gasteiger partial charge in [-0.2, -0.15) is 0 Å². The first kappa shape index (κ1) is 20.1. The first-order chi connectivity index (χ1) is 12.9. The molecule has 0 saturated heterocycles. The van der Waals surface area contributed by atoms with Gasteiger partial charge in [0.25, 0.3) is 5.69 Å². The zero-order valence-electron chi connectivity index (χ0n) is 15.5. The molecule has 0 bridgehead atoms. The molecule has 142 valence electrons. The van der Waals surface area contributed by atoms with Crippen LogP contribution in [0.15, 0.2) is 42.5 Å². The Morgan fingerprint density at radius 1 is 1.15 bits per heavy atom. The zero-order chi connectivity index (χ0) is 20.0. The summed E-state index contributed by atoms with van der Waals surface area (Å²) in [7, 11) is 1.55. The lowest BCUT2D eigenvalue weighted by Gasteiger charge is -2.10. The van der Waals surface area contributed by atoms with Crippen LogP contribution >= 0.6 is 0 Å². The number of nitrogens with one attached hydrogen (secondary N) is 1. The molecule has 0 radical (unpaired) electrons. The average Bonchev–Trinajstić information content (AvgIpc) is 2.70. The molecule has 1 atom stereocenters. The minimum Gasteiger partial charge on any atom is -0.454 e. The van der Waals surface area contributed by atoms with E-state index < -0.39 is 17.5 Å². The predicted molar refractivity (Wildman–Crippen MR) is 102 cm³/mol. The van der Waals surface area contributed by atoms with Crippen molar-refractivity contribution in [1.82, 2.24) is 0 Å². The Bertz CT molecular complexity index is 846. The lowest BCUT2D eigenvalue weighted by Crippen LogP contribution is -2.14. The van der Waals surface area contributed by atoms with Crippen LogP contribution in [0, 0.1) is 10.1 Å². The van der Waals surface area contributed by atoms with E-state index in [1.165, 1.54) is 12.1 Å². The van der Waals surface area contributed by atoms with Crippen molar-refractivity contribution < 1.29 is 19.2 Å². The highest BCUT2D eigenvalue weighted by Crippen LogP contribution is 2.25. The molecule has 0 unspecified atom stereocenters. The Hall–Kier alpha value is -3.22. The summed E-state index contributed by atoms with van der Waals surface area (Å²) >= 11 is 0. The van der Waals surface area contributed by atoms with E-state index in [0.29, 0.717) is 11.5 Å². The number of ketones is 1. The maximum absolute atomic E-state index is 12.2. The van der Waals surface area contributed by atoms with E-state index >= 15 is 0 Å². The summed E-state index contributed by atoms with van der Waals surface area (Å²) in [6.07, 6.45) is 1.00. The molecule has 27 heavy (non-hydrogen) atoms. The second-order valence-electron chi connectivity index (χ2n) is 6.17. The van der Waals surface area contributed by atoms with E-state index in [1.54, 1.807) is 19.2 Å². The summed E-state index contributed by atoms with van der Waals surface area (Å²) in [6, 6.07) is 11.2. The van der Waals surface area contributed by atoms with Gasteiger partial charge < -0.3 is 10.1 Å². The van der Waals surface area contributed by atoms with Crippen molar-refractivity contribution in [2.75, 3.05) is 19.0 Å². The number of rotatable bonds is 8. The van der Waals surface area contributed by atoms with Crippen molar-refractivity contribution in [2.24, 2.45) is 0 Å². The van der Waals surface area contributed by atoms with Crippen molar-refractivity contribution in [3.63, 3.8) is 0 Å². The van der Waals surface area contributed by atoms with Gasteiger partial charge in [-0.1, -0.05) is 38.1 Å². The van der Waals surface area contributed by atoms with Crippen LogP contribution in [0.2, 0.25) is 0 Å². The predicted octanol–water partition coefficient (Wildman–Crippen LogP) is 4.19. The van der Waals surface area contributed by atoms with Gasteiger partial charge in [-0.3, -0.25) is 14.9 Å². The summed E-state index contributed by atoms with van der Waals surface area (Å²) in [5.41, 5.74) is 1.66. The van der Waals surface area contributed by atoms with E-state index in [1.807, 2.05) is 12.1 Å². The maximum atomic E-state index is 12.2. The Morgan fingerprint density at radius 3 is 2.33 bits per heavy atom. The monoisotopic (exact) mass is 370 g/mol. The van der Waals surface area contributed by atoms with Gasteiger partial charge in [0.15, 0.2) is 12.4 Å². The van der Waals surface area contributed by atoms with Gasteiger partial charge in [0.2, 0.25) is 0 Å². The number of anilines is 1. The highest BCUT2D eigenvalue weighted by atomic mass is 16.6. The first-order valence-electron chi connectivity index (χ1n) is 8.63. The molecule has 0 amide bonds. The second-order valence-corrected chi connectivity index (χ2v) is 6.17. The topological polar surface area (TPSA) is 98.5 Å². The number of nitro groups is 1. The lowest BCUT2D eigenvalue weighted by atomic mass is 9.97. The fourth-order valence-corrected chi connectivity index (χ4v) is 2.55. The quantitative estimate of drug-likeness (QED) is 0.324. The minimum atomic E-state index is -0.787. The second kappa shape index (κ2) is 8.93. The standard InChI is InChI=1S/C20H22N2O5/c1-4-13(2)14-5-7-15(8-6-14)19(23)12-27-20(24)16-9-10-17(21-3)18(11-16)22(25)26/h5-11,13,21H,4,12H2,1-3H3/t13-/m0/s1. The summed E-state index contributed by atoms with van der Waals surface area (Å²) < 4.78 is 5.02. The van der Waals surface area contributed by atoms with Gasteiger partial charge in [0, 0.05) is 18.7 Å². The number of hydrogen-bond acceptors (Lipinski definition) is 6. The van der Waals surface area contributed by atoms with Crippen molar-refractivity contribution in [2.45, 2.75) is 26.2 Å². The third kappa shape index (κ3) is 4.91. The SMILES string of the molecule is CC[C@H](C)c1ccc(C(=O)COC(=O)c2ccc(NC)c([N+](=O)[O-])c2)cc1. The van der Waals surface area contributed by atoms with E-state index in [0.717, 1.165) is 18.1 Å². The van der Waals surface area contributed by atoms with Crippen LogP contribution in [0.5, 0.6) is 0 Å². The molecule has 2 aromatic rings. The van der Waals surface area contributed by atoms with Crippen molar-refractivity contribution in [3.05, 3.63) is 69.3 Å². The van der Waals surface area contributed by atoms with Gasteiger partial charge in [0.1, 0.15) is 5.69 Å². The lowest BCUT2D eigenvalue weighted by molar-refractivity contribution is -0.384. The molecule has 0 saturated carbocycles. The summed E-state index contributed by atoms with van der Waals surface area (Å²) in [4.78, 5) is 34.8. The highest BCUT2D eigenvalue weighted by molar-refractivity contribution is 5.99. The third-order valence-corrected chi connectivity index (χ3v) is 4.45. The van der Waals surface area contributed by atoms with E-state index in [9.17, 15) is 19.7 Å². The van der Waals surface area contributed by atoms with E-state index in [-0.39, 0.29) is 22.7 Å². The molecule has 0 aliphatic rings. The Labute approximate surface area is 157 Å². The molecular formula is C20H22N2O5. The molecule has 2 rings (SSSR count). The Balaban J connectivity index is 2.03. The van der Waals surface area contributed by atoms with Gasteiger partial charge in [-0.25, -0.2) is 4.79 Å². The van der Waals surface area contributed by atoms with E-state index in [4.69, 9.17) is 4.74 Å². The van der Waals surface area contributed by atoms with Crippen LogP contribution in [-0.2, 0) is 4.74 Å². The fraction of sp³-hybridized carbons (Fsp3) is 0.300. The van der Waals surface area contributed by atoms with Gasteiger partial charge in [0.05, 0.1) is 10.5 Å². The number of ether oxygens (including phenoxy) is 1. The molecule has 7 heteroatoms. The van der Waals surface area contributed by atoms with Crippen LogP contribution in [0.4, 0.5) is 11.4 Å². The zero-order valence-corrected chi connectivity index (χ0v) is 15.5. The molecule has 7 nitrogen and oxygen atoms in total. The van der Waals surface area contributed by atoms with Crippen LogP contribution in [-0.4, -0.2) is 30.3 Å². The highest BCUT2D eigenvalue weighted by Gasteiger charge is 2.18. The number of carbonyl (C=O) groups excluding carboxylic acids is 2. The Morgan fingerprint density at radius 2 is 1.78 bits per heavy atom. The number of benzene rings is 2. The summed E-state index contributed by atoms with van der Waals surface area (Å²) in [5, 5.41) is 13.7. The Kier molecular flexibility index (Phi) is 6.65. The van der Waals surface area contributed by atoms with Crippen LogP contribution in [0.1, 0.15) is 52.5 Å². The van der Waals surface area contributed by atoms with Gasteiger partial charge >= 0.3 is 5.97 Å². The third-order valence-electron chi connectivity index (χ3n) is 4.45. The van der Waals surface area contributed by atoms with Crippen molar-refractivity contribution >= 4 is 23.1 Å². The number of nitro benzene ring substituents is 1. The van der Waals surface area contributed by atoms with Gasteiger partial charge in [-0.15, -0.1) is 0 Å². The molecule has 0 spiro atoms. The van der Waals surface area contributed by atoms with Gasteiger partial charge in [-0.05, 0) is 30.0 Å². The molecule has 0 fully saturated rings. The number of hydrogen-bond donors (Lipinski definition) is 1. The van der Waals surface area contributed by atoms with Crippen LogP contribution in [0.25, 0.3) is 0 Å². The summed E-state index contributed by atoms with van der Waals surface area (Å²) in [6.45, 7) is 3.77. The molecule has 2 aromatic carbocycles. The smallest absolute Gasteiger partial charge is 0.338 e. The first-order valence-corrected chi connectivity index (χ1v) is 8.63. The van der Waals surface area contributed by atoms with Crippen molar-refractivity contribution in [1.29, 1.82) is 0 Å². The maximum Gasteiger partial charge on any atom is 0.338 e. The summed E-state index contributed by atoms with van der Waals surface area (Å²) in [5.74, 6) is -0.714. The largest absolute Gasteiger partial charge is 0.454 e. The molecule has 0 heterocycles. The van der Waals surface area contributed by atoms with E-state index in [2.05, 4.69) is 19.2 Å². The number of esters is 1. The minimum absolute atomic E-state index is 0.0145. The van der Waals surface area contributed by atoms with Crippen LogP contribution < -0.4 is 5.32 Å². The molecule has 0 aliphatic heterocycles. The normalized spacial score (nSPS) is 11.5. The fourth-order valence-electron chi connectivity index (χ4n) is 2.55. The number of carbonyl (C=O) groups is 2. The molecule has 0 aromatic heterocycles. The molecule has 1 N–H and O–H groups in total. The van der Waals surface area contributed by atoms with Crippen LogP contribution in [0.3, 0.4) is 0 Å².